The van der Waals surface area contributed by atoms with E-state index in [4.69, 9.17) is 27.9 Å². The molecule has 1 atom stereocenters. The van der Waals surface area contributed by atoms with Gasteiger partial charge in [0.15, 0.2) is 0 Å². The SMILES string of the molecule is CCCCCC(Cl)c1cc(Cl)ccc1OC. The molecule has 0 aromatic heterocycles. The summed E-state index contributed by atoms with van der Waals surface area (Å²) in [5, 5.41) is 0.692. The molecule has 3 heteroatoms. The molecule has 0 fully saturated rings. The summed E-state index contributed by atoms with van der Waals surface area (Å²) in [6, 6.07) is 5.58. The fourth-order valence-corrected chi connectivity index (χ4v) is 2.18. The van der Waals surface area contributed by atoms with E-state index in [1.54, 1.807) is 7.11 Å². The van der Waals surface area contributed by atoms with E-state index in [2.05, 4.69) is 6.92 Å². The van der Waals surface area contributed by atoms with Crippen molar-refractivity contribution in [1.82, 2.24) is 0 Å². The third kappa shape index (κ3) is 3.88. The summed E-state index contributed by atoms with van der Waals surface area (Å²) < 4.78 is 5.28. The molecule has 1 unspecified atom stereocenters. The fourth-order valence-electron chi connectivity index (χ4n) is 1.68. The van der Waals surface area contributed by atoms with E-state index in [0.717, 1.165) is 24.2 Å². The highest BCUT2D eigenvalue weighted by Gasteiger charge is 2.13. The van der Waals surface area contributed by atoms with Crippen LogP contribution >= 0.6 is 23.2 Å². The van der Waals surface area contributed by atoms with Crippen molar-refractivity contribution in [1.29, 1.82) is 0 Å². The van der Waals surface area contributed by atoms with Crippen molar-refractivity contribution in [2.75, 3.05) is 7.11 Å². The molecule has 1 nitrogen and oxygen atoms in total. The van der Waals surface area contributed by atoms with Gasteiger partial charge < -0.3 is 4.74 Å². The van der Waals surface area contributed by atoms with Crippen LogP contribution in [0.5, 0.6) is 5.75 Å². The quantitative estimate of drug-likeness (QED) is 0.504. The van der Waals surface area contributed by atoms with E-state index in [1.807, 2.05) is 18.2 Å². The lowest BCUT2D eigenvalue weighted by Crippen LogP contribution is -1.96. The van der Waals surface area contributed by atoms with Crippen LogP contribution in [-0.4, -0.2) is 7.11 Å². The van der Waals surface area contributed by atoms with Crippen molar-refractivity contribution in [3.8, 4) is 5.75 Å². The van der Waals surface area contributed by atoms with Gasteiger partial charge in [0, 0.05) is 10.6 Å². The number of unbranched alkanes of at least 4 members (excludes halogenated alkanes) is 2. The Hall–Kier alpha value is -0.400. The lowest BCUT2D eigenvalue weighted by atomic mass is 10.0. The van der Waals surface area contributed by atoms with E-state index in [0.29, 0.717) is 5.02 Å². The first-order valence-corrected chi connectivity index (χ1v) is 6.48. The van der Waals surface area contributed by atoms with Crippen LogP contribution in [0.15, 0.2) is 18.2 Å². The minimum absolute atomic E-state index is 0.0137. The Kier molecular flexibility index (Phi) is 6.00. The van der Waals surface area contributed by atoms with Gasteiger partial charge in [0.1, 0.15) is 5.75 Å². The van der Waals surface area contributed by atoms with Crippen LogP contribution in [0.1, 0.15) is 43.5 Å². The Balaban J connectivity index is 2.72. The highest BCUT2D eigenvalue weighted by atomic mass is 35.5. The van der Waals surface area contributed by atoms with E-state index >= 15 is 0 Å². The Morgan fingerprint density at radius 2 is 2.06 bits per heavy atom. The predicted octanol–water partition coefficient (Wildman–Crippen LogP) is 5.21. The first-order chi connectivity index (χ1) is 7.69. The minimum Gasteiger partial charge on any atom is -0.496 e. The number of halogens is 2. The molecule has 0 aliphatic rings. The molecule has 1 rings (SSSR count). The predicted molar refractivity (Wildman–Crippen MR) is 70.7 cm³/mol. The highest BCUT2D eigenvalue weighted by molar-refractivity contribution is 6.30. The summed E-state index contributed by atoms with van der Waals surface area (Å²) >= 11 is 12.3. The molecule has 16 heavy (non-hydrogen) atoms. The second-order valence-electron chi connectivity index (χ2n) is 3.85. The van der Waals surface area contributed by atoms with Crippen LogP contribution in [0.3, 0.4) is 0 Å². The monoisotopic (exact) mass is 260 g/mol. The molecule has 0 amide bonds. The summed E-state index contributed by atoms with van der Waals surface area (Å²) in [5.74, 6) is 0.820. The summed E-state index contributed by atoms with van der Waals surface area (Å²) in [5.41, 5.74) is 0.993. The second-order valence-corrected chi connectivity index (χ2v) is 4.81. The normalized spacial score (nSPS) is 12.5. The number of hydrogen-bond acceptors (Lipinski definition) is 1. The Labute approximate surface area is 108 Å². The molecule has 0 aliphatic heterocycles. The van der Waals surface area contributed by atoms with Gasteiger partial charge in [-0.15, -0.1) is 11.6 Å². The van der Waals surface area contributed by atoms with Gasteiger partial charge >= 0.3 is 0 Å². The maximum Gasteiger partial charge on any atom is 0.123 e. The van der Waals surface area contributed by atoms with Crippen LogP contribution in [0.25, 0.3) is 0 Å². The second kappa shape index (κ2) is 7.03. The van der Waals surface area contributed by atoms with Crippen molar-refractivity contribution < 1.29 is 4.74 Å². The summed E-state index contributed by atoms with van der Waals surface area (Å²) in [4.78, 5) is 0. The van der Waals surface area contributed by atoms with Crippen LogP contribution in [-0.2, 0) is 0 Å². The number of alkyl halides is 1. The number of ether oxygens (including phenoxy) is 1. The molecular weight excluding hydrogens is 243 g/mol. The van der Waals surface area contributed by atoms with Gasteiger partial charge in [0.25, 0.3) is 0 Å². The first kappa shape index (κ1) is 13.7. The molecule has 0 saturated carbocycles. The summed E-state index contributed by atoms with van der Waals surface area (Å²) in [7, 11) is 1.66. The first-order valence-electron chi connectivity index (χ1n) is 5.66. The van der Waals surface area contributed by atoms with Crippen LogP contribution < -0.4 is 4.74 Å². The lowest BCUT2D eigenvalue weighted by Gasteiger charge is -2.14. The molecule has 1 aromatic carbocycles. The van der Waals surface area contributed by atoms with E-state index in [1.165, 1.54) is 12.8 Å². The van der Waals surface area contributed by atoms with Gasteiger partial charge in [0.05, 0.1) is 12.5 Å². The molecule has 0 heterocycles. The molecule has 0 saturated heterocycles. The Morgan fingerprint density at radius 1 is 1.31 bits per heavy atom. The standard InChI is InChI=1S/C13H18Cl2O/c1-3-4-5-6-12(15)11-9-10(14)7-8-13(11)16-2/h7-9,12H,3-6H2,1-2H3. The number of hydrogen-bond donors (Lipinski definition) is 0. The van der Waals surface area contributed by atoms with Crippen molar-refractivity contribution in [2.45, 2.75) is 38.0 Å². The molecule has 0 aliphatic carbocycles. The van der Waals surface area contributed by atoms with Gasteiger partial charge in [-0.3, -0.25) is 0 Å². The zero-order chi connectivity index (χ0) is 12.0. The zero-order valence-corrected chi connectivity index (χ0v) is 11.3. The number of rotatable bonds is 6. The van der Waals surface area contributed by atoms with Crippen LogP contribution in [0.4, 0.5) is 0 Å². The third-order valence-electron chi connectivity index (χ3n) is 2.59. The fraction of sp³-hybridized carbons (Fsp3) is 0.538. The van der Waals surface area contributed by atoms with E-state index in [9.17, 15) is 0 Å². The Morgan fingerprint density at radius 3 is 2.69 bits per heavy atom. The van der Waals surface area contributed by atoms with Gasteiger partial charge in [-0.2, -0.15) is 0 Å². The van der Waals surface area contributed by atoms with E-state index in [-0.39, 0.29) is 5.38 Å². The number of methoxy groups -OCH3 is 1. The maximum atomic E-state index is 6.36. The average Bonchev–Trinajstić information content (AvgIpc) is 2.29. The molecule has 0 bridgehead atoms. The van der Waals surface area contributed by atoms with Gasteiger partial charge in [-0.1, -0.05) is 37.8 Å². The molecule has 0 spiro atoms. The van der Waals surface area contributed by atoms with Crippen molar-refractivity contribution in [3.05, 3.63) is 28.8 Å². The minimum atomic E-state index is -0.0137. The zero-order valence-electron chi connectivity index (χ0n) is 9.80. The molecule has 90 valence electrons. The molecule has 0 radical (unpaired) electrons. The third-order valence-corrected chi connectivity index (χ3v) is 3.28. The summed E-state index contributed by atoms with van der Waals surface area (Å²) in [6.07, 6.45) is 4.52. The van der Waals surface area contributed by atoms with Gasteiger partial charge in [-0.05, 0) is 24.6 Å². The Bertz CT molecular complexity index is 326. The van der Waals surface area contributed by atoms with E-state index < -0.39 is 0 Å². The molecule has 1 aromatic rings. The lowest BCUT2D eigenvalue weighted by molar-refractivity contribution is 0.408. The number of benzene rings is 1. The van der Waals surface area contributed by atoms with Gasteiger partial charge in [0.2, 0.25) is 0 Å². The van der Waals surface area contributed by atoms with Crippen LogP contribution in [0.2, 0.25) is 5.02 Å². The van der Waals surface area contributed by atoms with Crippen LogP contribution in [0, 0.1) is 0 Å². The average molecular weight is 261 g/mol. The van der Waals surface area contributed by atoms with Crippen molar-refractivity contribution >= 4 is 23.2 Å². The largest absolute Gasteiger partial charge is 0.496 e. The molecular formula is C13H18Cl2O. The highest BCUT2D eigenvalue weighted by Crippen LogP contribution is 2.35. The van der Waals surface area contributed by atoms with Gasteiger partial charge in [-0.25, -0.2) is 0 Å². The topological polar surface area (TPSA) is 9.23 Å². The smallest absolute Gasteiger partial charge is 0.123 e. The molecule has 0 N–H and O–H groups in total. The van der Waals surface area contributed by atoms with Crippen molar-refractivity contribution in [2.24, 2.45) is 0 Å². The maximum absolute atomic E-state index is 6.36. The van der Waals surface area contributed by atoms with Crippen molar-refractivity contribution in [3.63, 3.8) is 0 Å². The summed E-state index contributed by atoms with van der Waals surface area (Å²) in [6.45, 7) is 2.18.